The highest BCUT2D eigenvalue weighted by molar-refractivity contribution is 7.09. The van der Waals surface area contributed by atoms with Crippen LogP contribution in [0.1, 0.15) is 11.8 Å². The van der Waals surface area contributed by atoms with Crippen LogP contribution >= 0.6 is 11.3 Å². The Hall–Kier alpha value is -0.910. The van der Waals surface area contributed by atoms with Gasteiger partial charge >= 0.3 is 0 Å². The molecule has 5 heteroatoms. The quantitative estimate of drug-likeness (QED) is 0.841. The summed E-state index contributed by atoms with van der Waals surface area (Å²) < 4.78 is 5.63. The Balaban J connectivity index is 1.68. The molecule has 0 unspecified atom stereocenters. The monoisotopic (exact) mass is 268 g/mol. The zero-order valence-corrected chi connectivity index (χ0v) is 11.8. The minimum absolute atomic E-state index is 0.0553. The van der Waals surface area contributed by atoms with Crippen LogP contribution in [0.25, 0.3) is 0 Å². The fourth-order valence-electron chi connectivity index (χ4n) is 1.78. The number of nitrogens with zero attached hydrogens (tertiary/aromatic N) is 1. The fourth-order valence-corrected chi connectivity index (χ4v) is 2.48. The number of carbonyl (C=O) groups is 1. The summed E-state index contributed by atoms with van der Waals surface area (Å²) in [5.74, 6) is 0.0553. The van der Waals surface area contributed by atoms with Gasteiger partial charge < -0.3 is 15.0 Å². The molecule has 18 heavy (non-hydrogen) atoms. The fraction of sp³-hybridized carbons (Fsp3) is 0.615. The van der Waals surface area contributed by atoms with E-state index in [2.05, 4.69) is 16.8 Å². The normalized spacial score (nSPS) is 17.2. The van der Waals surface area contributed by atoms with Crippen LogP contribution in [0, 0.1) is 0 Å². The van der Waals surface area contributed by atoms with Crippen LogP contribution in [0.2, 0.25) is 0 Å². The summed E-state index contributed by atoms with van der Waals surface area (Å²) in [5, 5.41) is 5.21. The Morgan fingerprint density at radius 3 is 2.94 bits per heavy atom. The molecule has 2 heterocycles. The lowest BCUT2D eigenvalue weighted by Crippen LogP contribution is -2.59. The molecule has 0 radical (unpaired) electrons. The van der Waals surface area contributed by atoms with Gasteiger partial charge in [0.1, 0.15) is 6.61 Å². The van der Waals surface area contributed by atoms with Crippen molar-refractivity contribution in [3.8, 4) is 0 Å². The van der Waals surface area contributed by atoms with Crippen LogP contribution in [0.4, 0.5) is 0 Å². The van der Waals surface area contributed by atoms with Gasteiger partial charge in [0.05, 0.1) is 5.60 Å². The third-order valence-electron chi connectivity index (χ3n) is 3.24. The average Bonchev–Trinajstić information content (AvgIpc) is 2.83. The molecule has 2 rings (SSSR count). The molecule has 0 spiro atoms. The van der Waals surface area contributed by atoms with E-state index in [-0.39, 0.29) is 18.1 Å². The van der Waals surface area contributed by atoms with Crippen LogP contribution in [0.3, 0.4) is 0 Å². The van der Waals surface area contributed by atoms with E-state index in [9.17, 15) is 4.79 Å². The van der Waals surface area contributed by atoms with Crippen LogP contribution in [0.5, 0.6) is 0 Å². The van der Waals surface area contributed by atoms with Gasteiger partial charge in [0.15, 0.2) is 0 Å². The molecule has 0 saturated carbocycles. The van der Waals surface area contributed by atoms with Crippen LogP contribution < -0.4 is 5.32 Å². The largest absolute Gasteiger partial charge is 0.363 e. The Kier molecular flexibility index (Phi) is 4.37. The summed E-state index contributed by atoms with van der Waals surface area (Å²) in [6, 6.07) is 4.13. The van der Waals surface area contributed by atoms with Crippen molar-refractivity contribution in [3.05, 3.63) is 22.4 Å². The van der Waals surface area contributed by atoms with Crippen molar-refractivity contribution in [3.63, 3.8) is 0 Å². The minimum Gasteiger partial charge on any atom is -0.363 e. The number of rotatable bonds is 6. The zero-order valence-electron chi connectivity index (χ0n) is 10.9. The van der Waals surface area contributed by atoms with Crippen LogP contribution in [-0.2, 0) is 16.0 Å². The van der Waals surface area contributed by atoms with Crippen LogP contribution in [-0.4, -0.2) is 49.7 Å². The minimum atomic E-state index is -0.149. The number of carbonyl (C=O) groups excluding carboxylic acids is 1. The lowest BCUT2D eigenvalue weighted by molar-refractivity contribution is -0.144. The van der Waals surface area contributed by atoms with Crippen molar-refractivity contribution in [2.75, 3.05) is 33.3 Å². The molecule has 1 aliphatic heterocycles. The van der Waals surface area contributed by atoms with Crippen LogP contribution in [0.15, 0.2) is 17.5 Å². The van der Waals surface area contributed by atoms with E-state index in [0.29, 0.717) is 0 Å². The third kappa shape index (κ3) is 3.54. The van der Waals surface area contributed by atoms with E-state index in [0.717, 1.165) is 26.1 Å². The zero-order chi connectivity index (χ0) is 13.0. The van der Waals surface area contributed by atoms with E-state index in [4.69, 9.17) is 4.74 Å². The molecule has 4 nitrogen and oxygen atoms in total. The summed E-state index contributed by atoms with van der Waals surface area (Å²) >= 11 is 1.73. The molecule has 0 bridgehead atoms. The number of thiophene rings is 1. The maximum atomic E-state index is 11.9. The number of likely N-dealkylation sites (N-methyl/N-ethyl adjacent to an activating group) is 1. The van der Waals surface area contributed by atoms with Crippen molar-refractivity contribution in [1.29, 1.82) is 0 Å². The second-order valence-corrected chi connectivity index (χ2v) is 6.02. The molecular weight excluding hydrogens is 248 g/mol. The highest BCUT2D eigenvalue weighted by Crippen LogP contribution is 2.15. The Bertz CT molecular complexity index is 388. The summed E-state index contributed by atoms with van der Waals surface area (Å²) in [4.78, 5) is 14.9. The van der Waals surface area contributed by atoms with Gasteiger partial charge in [-0.2, -0.15) is 0 Å². The lowest BCUT2D eigenvalue weighted by atomic mass is 10.0. The molecule has 0 atom stereocenters. The van der Waals surface area contributed by atoms with E-state index >= 15 is 0 Å². The molecular formula is C13H20N2O2S. The Morgan fingerprint density at radius 1 is 1.61 bits per heavy atom. The van der Waals surface area contributed by atoms with Gasteiger partial charge in [-0.1, -0.05) is 6.07 Å². The molecule has 0 aliphatic carbocycles. The Morgan fingerprint density at radius 2 is 2.39 bits per heavy atom. The van der Waals surface area contributed by atoms with Gasteiger partial charge in [0.2, 0.25) is 5.91 Å². The molecule has 100 valence electrons. The van der Waals surface area contributed by atoms with Gasteiger partial charge in [-0.05, 0) is 24.8 Å². The predicted octanol–water partition coefficient (Wildman–Crippen LogP) is 1.13. The van der Waals surface area contributed by atoms with Gasteiger partial charge in [0, 0.05) is 31.6 Å². The number of amides is 1. The van der Waals surface area contributed by atoms with Crippen molar-refractivity contribution < 1.29 is 9.53 Å². The highest BCUT2D eigenvalue weighted by Gasteiger charge is 2.33. The smallest absolute Gasteiger partial charge is 0.248 e. The van der Waals surface area contributed by atoms with E-state index in [1.165, 1.54) is 4.88 Å². The number of hydrogen-bond acceptors (Lipinski definition) is 4. The molecule has 1 saturated heterocycles. The summed E-state index contributed by atoms with van der Waals surface area (Å²) in [6.07, 6.45) is 0.915. The van der Waals surface area contributed by atoms with Gasteiger partial charge in [-0.3, -0.25) is 4.79 Å². The molecule has 1 aromatic heterocycles. The first kappa shape index (κ1) is 13.5. The van der Waals surface area contributed by atoms with E-state index in [1.807, 2.05) is 20.0 Å². The predicted molar refractivity (Wildman–Crippen MR) is 72.9 cm³/mol. The molecule has 0 aromatic carbocycles. The van der Waals surface area contributed by atoms with Crippen molar-refractivity contribution >= 4 is 17.2 Å². The van der Waals surface area contributed by atoms with Crippen molar-refractivity contribution in [2.45, 2.75) is 18.9 Å². The third-order valence-corrected chi connectivity index (χ3v) is 4.18. The maximum Gasteiger partial charge on any atom is 0.248 e. The van der Waals surface area contributed by atoms with Crippen molar-refractivity contribution in [2.24, 2.45) is 0 Å². The Labute approximate surface area is 112 Å². The van der Waals surface area contributed by atoms with Gasteiger partial charge in [-0.15, -0.1) is 11.3 Å². The second-order valence-electron chi connectivity index (χ2n) is 4.99. The first-order valence-corrected chi connectivity index (χ1v) is 7.08. The first-order valence-electron chi connectivity index (χ1n) is 6.20. The number of ether oxygens (including phenoxy) is 1. The lowest BCUT2D eigenvalue weighted by Gasteiger charge is -2.39. The molecule has 1 N–H and O–H groups in total. The summed E-state index contributed by atoms with van der Waals surface area (Å²) in [5.41, 5.74) is -0.149. The van der Waals surface area contributed by atoms with Crippen molar-refractivity contribution in [1.82, 2.24) is 10.2 Å². The standard InChI is InChI=1S/C13H20N2O2S/c1-13(9-14-10-13)17-8-12(16)15(2)6-5-11-4-3-7-18-11/h3-4,7,14H,5-6,8-10H2,1-2H3. The summed E-state index contributed by atoms with van der Waals surface area (Å²) in [6.45, 7) is 4.62. The molecule has 1 fully saturated rings. The summed E-state index contributed by atoms with van der Waals surface area (Å²) in [7, 11) is 1.83. The number of hydrogen-bond donors (Lipinski definition) is 1. The maximum absolute atomic E-state index is 11.9. The highest BCUT2D eigenvalue weighted by atomic mass is 32.1. The number of nitrogens with one attached hydrogen (secondary N) is 1. The van der Waals surface area contributed by atoms with Gasteiger partial charge in [0.25, 0.3) is 0 Å². The van der Waals surface area contributed by atoms with E-state index < -0.39 is 0 Å². The molecule has 1 aromatic rings. The molecule has 1 aliphatic rings. The average molecular weight is 268 g/mol. The van der Waals surface area contributed by atoms with E-state index in [1.54, 1.807) is 16.2 Å². The second kappa shape index (κ2) is 5.82. The van der Waals surface area contributed by atoms with Gasteiger partial charge in [-0.25, -0.2) is 0 Å². The molecule has 1 amide bonds. The SMILES string of the molecule is CN(CCc1cccs1)C(=O)COC1(C)CNC1. The first-order chi connectivity index (χ1) is 8.59. The topological polar surface area (TPSA) is 41.6 Å².